The second-order valence-corrected chi connectivity index (χ2v) is 13.9. The molecule has 1 atom stereocenters. The highest BCUT2D eigenvalue weighted by Gasteiger charge is 2.24. The van der Waals surface area contributed by atoms with Gasteiger partial charge in [-0.1, -0.05) is 201 Å². The van der Waals surface area contributed by atoms with Gasteiger partial charge in [-0.25, -0.2) is 0 Å². The highest BCUT2D eigenvalue weighted by atomic mass is 32.1. The fourth-order valence-corrected chi connectivity index (χ4v) is 6.10. The molecular formula is C35H72S. The minimum atomic E-state index is 0.188. The highest BCUT2D eigenvalue weighted by molar-refractivity contribution is 7.81. The van der Waals surface area contributed by atoms with Crippen LogP contribution < -0.4 is 0 Å². The highest BCUT2D eigenvalue weighted by Crippen LogP contribution is 2.33. The molecular weight excluding hydrogens is 452 g/mol. The van der Waals surface area contributed by atoms with Gasteiger partial charge in [0.2, 0.25) is 0 Å². The van der Waals surface area contributed by atoms with E-state index in [1.165, 1.54) is 186 Å². The molecule has 0 nitrogen and oxygen atoms in total. The molecule has 0 rings (SSSR count). The zero-order valence-corrected chi connectivity index (χ0v) is 26.9. The van der Waals surface area contributed by atoms with Crippen molar-refractivity contribution in [1.29, 1.82) is 0 Å². The maximum absolute atomic E-state index is 4.99. The molecule has 0 bridgehead atoms. The van der Waals surface area contributed by atoms with E-state index in [-0.39, 0.29) is 4.75 Å². The first kappa shape index (κ1) is 36.4. The summed E-state index contributed by atoms with van der Waals surface area (Å²) in [5.74, 6) is 0.797. The van der Waals surface area contributed by atoms with Crippen LogP contribution in [-0.2, 0) is 0 Å². The lowest BCUT2D eigenvalue weighted by Crippen LogP contribution is -2.24. The molecule has 0 aromatic heterocycles. The van der Waals surface area contributed by atoms with Gasteiger partial charge in [-0.05, 0) is 18.8 Å². The first-order valence-corrected chi connectivity index (χ1v) is 17.7. The van der Waals surface area contributed by atoms with Crippen LogP contribution in [0, 0.1) is 5.92 Å². The molecule has 0 aromatic carbocycles. The molecule has 0 aromatic rings. The average Bonchev–Trinajstić information content (AvgIpc) is 2.85. The van der Waals surface area contributed by atoms with Crippen molar-refractivity contribution in [1.82, 2.24) is 0 Å². The third-order valence-electron chi connectivity index (χ3n) is 8.56. The summed E-state index contributed by atoms with van der Waals surface area (Å²) >= 11 is 4.99. The minimum absolute atomic E-state index is 0.188. The van der Waals surface area contributed by atoms with Crippen LogP contribution in [0.2, 0.25) is 0 Å². The first-order chi connectivity index (χ1) is 17.5. The smallest absolute Gasteiger partial charge is 0.0101 e. The van der Waals surface area contributed by atoms with Crippen LogP contribution in [0.4, 0.5) is 0 Å². The third-order valence-corrected chi connectivity index (χ3v) is 8.93. The van der Waals surface area contributed by atoms with E-state index in [2.05, 4.69) is 27.7 Å². The summed E-state index contributed by atoms with van der Waals surface area (Å²) < 4.78 is 0.188. The van der Waals surface area contributed by atoms with Gasteiger partial charge in [0.25, 0.3) is 0 Å². The molecule has 0 heterocycles. The second-order valence-electron chi connectivity index (χ2n) is 12.8. The van der Waals surface area contributed by atoms with E-state index in [1.54, 1.807) is 0 Å². The zero-order valence-electron chi connectivity index (χ0n) is 26.0. The summed E-state index contributed by atoms with van der Waals surface area (Å²) in [4.78, 5) is 0. The van der Waals surface area contributed by atoms with Crippen LogP contribution in [0.25, 0.3) is 0 Å². The van der Waals surface area contributed by atoms with Crippen molar-refractivity contribution in [2.45, 2.75) is 219 Å². The van der Waals surface area contributed by atoms with Gasteiger partial charge in [-0.15, -0.1) is 0 Å². The van der Waals surface area contributed by atoms with E-state index in [9.17, 15) is 0 Å². The Morgan fingerprint density at radius 2 is 0.556 bits per heavy atom. The van der Waals surface area contributed by atoms with E-state index in [4.69, 9.17) is 12.6 Å². The van der Waals surface area contributed by atoms with Gasteiger partial charge < -0.3 is 0 Å². The van der Waals surface area contributed by atoms with Gasteiger partial charge in [0, 0.05) is 4.75 Å². The fraction of sp³-hybridized carbons (Fsp3) is 1.00. The molecule has 1 unspecified atom stereocenters. The average molecular weight is 525 g/mol. The lowest BCUT2D eigenvalue weighted by atomic mass is 9.85. The largest absolute Gasteiger partial charge is 0.173 e. The van der Waals surface area contributed by atoms with Crippen molar-refractivity contribution in [2.75, 3.05) is 0 Å². The van der Waals surface area contributed by atoms with E-state index in [1.807, 2.05) is 0 Å². The summed E-state index contributed by atoms with van der Waals surface area (Å²) in [5, 5.41) is 0. The van der Waals surface area contributed by atoms with Crippen molar-refractivity contribution >= 4 is 12.6 Å². The Morgan fingerprint density at radius 1 is 0.361 bits per heavy atom. The Kier molecular flexibility index (Phi) is 28.6. The van der Waals surface area contributed by atoms with Crippen LogP contribution in [0.5, 0.6) is 0 Å². The molecule has 0 spiro atoms. The number of hydrogen-bond acceptors (Lipinski definition) is 1. The van der Waals surface area contributed by atoms with Crippen LogP contribution >= 0.6 is 12.6 Å². The van der Waals surface area contributed by atoms with Crippen molar-refractivity contribution in [2.24, 2.45) is 5.92 Å². The van der Waals surface area contributed by atoms with Crippen molar-refractivity contribution < 1.29 is 0 Å². The topological polar surface area (TPSA) is 0 Å². The Hall–Kier alpha value is 0.350. The predicted molar refractivity (Wildman–Crippen MR) is 172 cm³/mol. The van der Waals surface area contributed by atoms with E-state index in [0.29, 0.717) is 0 Å². The quantitative estimate of drug-likeness (QED) is 0.0700. The standard InChI is InChI=1S/C35H72S/c1-5-7-9-11-13-15-17-18-19-20-21-23-25-27-29-31-33-34(35(3,4)36)32-30-28-26-24-22-16-14-12-10-8-6-2/h34,36H,5-33H2,1-4H3. The summed E-state index contributed by atoms with van der Waals surface area (Å²) in [7, 11) is 0. The van der Waals surface area contributed by atoms with Crippen LogP contribution in [0.3, 0.4) is 0 Å². The van der Waals surface area contributed by atoms with E-state index < -0.39 is 0 Å². The van der Waals surface area contributed by atoms with Gasteiger partial charge in [-0.3, -0.25) is 0 Å². The van der Waals surface area contributed by atoms with E-state index >= 15 is 0 Å². The molecule has 0 aliphatic carbocycles. The van der Waals surface area contributed by atoms with Crippen LogP contribution in [0.15, 0.2) is 0 Å². The van der Waals surface area contributed by atoms with Crippen LogP contribution in [-0.4, -0.2) is 4.75 Å². The second kappa shape index (κ2) is 28.4. The molecule has 0 fully saturated rings. The summed E-state index contributed by atoms with van der Waals surface area (Å²) in [6.07, 6.45) is 42.0. The van der Waals surface area contributed by atoms with Crippen molar-refractivity contribution in [3.8, 4) is 0 Å². The summed E-state index contributed by atoms with van der Waals surface area (Å²) in [5.41, 5.74) is 0. The number of unbranched alkanes of at least 4 members (excludes halogenated alkanes) is 25. The predicted octanol–water partition coefficient (Wildman–Crippen LogP) is 13.7. The normalized spacial score (nSPS) is 12.9. The zero-order chi connectivity index (χ0) is 26.6. The Labute approximate surface area is 236 Å². The maximum atomic E-state index is 4.99. The van der Waals surface area contributed by atoms with Gasteiger partial charge in [-0.2, -0.15) is 12.6 Å². The van der Waals surface area contributed by atoms with Crippen LogP contribution in [0.1, 0.15) is 214 Å². The molecule has 36 heavy (non-hydrogen) atoms. The molecule has 0 radical (unpaired) electrons. The Bertz CT molecular complexity index is 396. The Balaban J connectivity index is 3.51. The molecule has 0 aliphatic heterocycles. The first-order valence-electron chi connectivity index (χ1n) is 17.2. The van der Waals surface area contributed by atoms with Crippen molar-refractivity contribution in [3.05, 3.63) is 0 Å². The molecule has 0 amide bonds. The number of thiol groups is 1. The molecule has 0 saturated heterocycles. The number of rotatable bonds is 30. The number of hydrogen-bond donors (Lipinski definition) is 1. The Morgan fingerprint density at radius 3 is 0.750 bits per heavy atom. The van der Waals surface area contributed by atoms with E-state index in [0.717, 1.165) is 5.92 Å². The summed E-state index contributed by atoms with van der Waals surface area (Å²) in [6, 6.07) is 0. The SMILES string of the molecule is CCCCCCCCCCCCCCCCCCC(CCCCCCCCCCCCC)C(C)(C)S. The lowest BCUT2D eigenvalue weighted by molar-refractivity contribution is 0.342. The van der Waals surface area contributed by atoms with Gasteiger partial charge >= 0.3 is 0 Å². The third kappa shape index (κ3) is 27.4. The van der Waals surface area contributed by atoms with Gasteiger partial charge in [0.1, 0.15) is 0 Å². The fourth-order valence-electron chi connectivity index (χ4n) is 5.84. The molecule has 0 aliphatic rings. The molecule has 0 saturated carbocycles. The molecule has 1 heteroatoms. The lowest BCUT2D eigenvalue weighted by Gasteiger charge is -2.30. The minimum Gasteiger partial charge on any atom is -0.173 e. The monoisotopic (exact) mass is 525 g/mol. The molecule has 218 valence electrons. The van der Waals surface area contributed by atoms with Gasteiger partial charge in [0.15, 0.2) is 0 Å². The molecule has 0 N–H and O–H groups in total. The van der Waals surface area contributed by atoms with Crippen molar-refractivity contribution in [3.63, 3.8) is 0 Å². The summed E-state index contributed by atoms with van der Waals surface area (Å²) in [6.45, 7) is 9.32. The maximum Gasteiger partial charge on any atom is 0.0101 e. The van der Waals surface area contributed by atoms with Gasteiger partial charge in [0.05, 0.1) is 0 Å².